The highest BCUT2D eigenvalue weighted by atomic mass is 16.6. The van der Waals surface area contributed by atoms with Crippen LogP contribution in [0.3, 0.4) is 0 Å². The van der Waals surface area contributed by atoms with Gasteiger partial charge in [-0.25, -0.2) is 4.79 Å². The van der Waals surface area contributed by atoms with Crippen molar-refractivity contribution in [2.24, 2.45) is 5.92 Å². The third kappa shape index (κ3) is 4.61. The first-order valence-corrected chi connectivity index (χ1v) is 9.03. The monoisotopic (exact) mass is 358 g/mol. The van der Waals surface area contributed by atoms with Gasteiger partial charge in [-0.2, -0.15) is 0 Å². The van der Waals surface area contributed by atoms with E-state index in [2.05, 4.69) is 0 Å². The Labute approximate surface area is 148 Å². The highest BCUT2D eigenvalue weighted by Crippen LogP contribution is 2.31. The van der Waals surface area contributed by atoms with Crippen LogP contribution in [0.15, 0.2) is 0 Å². The van der Waals surface area contributed by atoms with Crippen molar-refractivity contribution in [2.75, 3.05) is 20.8 Å². The fourth-order valence-corrected chi connectivity index (χ4v) is 4.16. The number of carbonyl (C=O) groups is 1. The summed E-state index contributed by atoms with van der Waals surface area (Å²) >= 11 is 0. The van der Waals surface area contributed by atoms with Crippen LogP contribution in [0.4, 0.5) is 4.79 Å². The van der Waals surface area contributed by atoms with Crippen LogP contribution in [0.1, 0.15) is 46.0 Å². The smallest absolute Gasteiger partial charge is 0.410 e. The van der Waals surface area contributed by atoms with Gasteiger partial charge in [-0.3, -0.25) is 10.1 Å². The van der Waals surface area contributed by atoms with E-state index in [4.69, 9.17) is 14.2 Å². The zero-order valence-electron chi connectivity index (χ0n) is 15.6. The van der Waals surface area contributed by atoms with Crippen LogP contribution in [0.25, 0.3) is 0 Å². The molecule has 2 fully saturated rings. The molecule has 0 aromatic carbocycles. The van der Waals surface area contributed by atoms with Gasteiger partial charge in [0, 0.05) is 37.6 Å². The first-order valence-electron chi connectivity index (χ1n) is 9.03. The number of hydrogen-bond donors (Lipinski definition) is 0. The SMILES string of the molecule is COC1CC(COC(=O)N2C(C)CCCC2C)C([N+](=O)[O-])CC1OC. The van der Waals surface area contributed by atoms with E-state index in [1.807, 2.05) is 13.8 Å². The van der Waals surface area contributed by atoms with Crippen LogP contribution >= 0.6 is 0 Å². The Bertz CT molecular complexity index is 464. The summed E-state index contributed by atoms with van der Waals surface area (Å²) in [7, 11) is 3.11. The van der Waals surface area contributed by atoms with E-state index in [1.165, 1.54) is 7.11 Å². The average molecular weight is 358 g/mol. The summed E-state index contributed by atoms with van der Waals surface area (Å²) in [6.45, 7) is 4.07. The van der Waals surface area contributed by atoms with Gasteiger partial charge in [-0.05, 0) is 39.5 Å². The van der Waals surface area contributed by atoms with Gasteiger partial charge in [-0.1, -0.05) is 0 Å². The highest BCUT2D eigenvalue weighted by Gasteiger charge is 2.45. The van der Waals surface area contributed by atoms with Crippen LogP contribution in [-0.4, -0.2) is 67.1 Å². The van der Waals surface area contributed by atoms with E-state index in [1.54, 1.807) is 12.0 Å². The normalized spacial score (nSPS) is 36.1. The minimum atomic E-state index is -0.791. The molecule has 25 heavy (non-hydrogen) atoms. The fourth-order valence-electron chi connectivity index (χ4n) is 4.16. The molecule has 2 rings (SSSR count). The molecule has 2 aliphatic rings. The number of rotatable bonds is 5. The molecule has 144 valence electrons. The Morgan fingerprint density at radius 2 is 1.68 bits per heavy atom. The van der Waals surface area contributed by atoms with Crippen molar-refractivity contribution in [1.82, 2.24) is 4.90 Å². The average Bonchev–Trinajstić information content (AvgIpc) is 2.58. The summed E-state index contributed by atoms with van der Waals surface area (Å²) in [6, 6.07) is -0.516. The van der Waals surface area contributed by atoms with E-state index in [9.17, 15) is 14.9 Å². The van der Waals surface area contributed by atoms with Gasteiger partial charge >= 0.3 is 6.09 Å². The number of ether oxygens (including phenoxy) is 3. The molecule has 0 bridgehead atoms. The Balaban J connectivity index is 1.99. The quantitative estimate of drug-likeness (QED) is 0.554. The van der Waals surface area contributed by atoms with Crippen molar-refractivity contribution >= 4 is 6.09 Å². The largest absolute Gasteiger partial charge is 0.449 e. The molecule has 1 saturated heterocycles. The van der Waals surface area contributed by atoms with Gasteiger partial charge in [0.05, 0.1) is 18.1 Å². The molecular weight excluding hydrogens is 328 g/mol. The third-order valence-electron chi connectivity index (χ3n) is 5.67. The maximum absolute atomic E-state index is 12.5. The number of piperidine rings is 1. The number of nitrogens with zero attached hydrogens (tertiary/aromatic N) is 2. The molecule has 8 nitrogen and oxygen atoms in total. The van der Waals surface area contributed by atoms with Crippen LogP contribution < -0.4 is 0 Å². The van der Waals surface area contributed by atoms with Crippen LogP contribution in [0.2, 0.25) is 0 Å². The number of likely N-dealkylation sites (tertiary alicyclic amines) is 1. The molecule has 0 aromatic heterocycles. The van der Waals surface area contributed by atoms with Crippen LogP contribution in [-0.2, 0) is 14.2 Å². The highest BCUT2D eigenvalue weighted by molar-refractivity contribution is 5.68. The lowest BCUT2D eigenvalue weighted by atomic mass is 9.81. The first-order chi connectivity index (χ1) is 11.9. The number of methoxy groups -OCH3 is 2. The number of amides is 1. The molecule has 0 radical (unpaired) electrons. The van der Waals surface area contributed by atoms with Crippen molar-refractivity contribution in [3.8, 4) is 0 Å². The first kappa shape index (κ1) is 19.9. The Morgan fingerprint density at radius 1 is 1.12 bits per heavy atom. The molecule has 0 aromatic rings. The molecule has 0 N–H and O–H groups in total. The lowest BCUT2D eigenvalue weighted by molar-refractivity contribution is -0.540. The molecule has 1 saturated carbocycles. The summed E-state index contributed by atoms with van der Waals surface area (Å²) in [6.07, 6.45) is 2.83. The van der Waals surface area contributed by atoms with Crippen molar-refractivity contribution < 1.29 is 23.9 Å². The molecule has 0 spiro atoms. The molecule has 6 unspecified atom stereocenters. The van der Waals surface area contributed by atoms with Crippen molar-refractivity contribution in [2.45, 2.75) is 76.3 Å². The Morgan fingerprint density at radius 3 is 2.20 bits per heavy atom. The van der Waals surface area contributed by atoms with Gasteiger partial charge in [0.1, 0.15) is 6.61 Å². The molecule has 1 aliphatic carbocycles. The third-order valence-corrected chi connectivity index (χ3v) is 5.67. The topological polar surface area (TPSA) is 91.1 Å². The second-order valence-electron chi connectivity index (χ2n) is 7.25. The molecule has 1 heterocycles. The molecular formula is C17H30N2O6. The molecule has 1 aliphatic heterocycles. The van der Waals surface area contributed by atoms with Crippen molar-refractivity contribution in [3.63, 3.8) is 0 Å². The summed E-state index contributed by atoms with van der Waals surface area (Å²) in [5, 5.41) is 11.4. The second kappa shape index (κ2) is 8.80. The molecule has 1 amide bonds. The van der Waals surface area contributed by atoms with Crippen LogP contribution in [0.5, 0.6) is 0 Å². The Kier molecular flexibility index (Phi) is 7.01. The fraction of sp³-hybridized carbons (Fsp3) is 0.941. The minimum Gasteiger partial charge on any atom is -0.449 e. The molecule has 8 heteroatoms. The van der Waals surface area contributed by atoms with Gasteiger partial charge in [-0.15, -0.1) is 0 Å². The standard InChI is InChI=1S/C17H30N2O6/c1-11-6-5-7-12(2)18(11)17(20)25-10-13-8-15(23-3)16(24-4)9-14(13)19(21)22/h11-16H,5-10H2,1-4H3. The summed E-state index contributed by atoms with van der Waals surface area (Å²) in [5.74, 6) is -0.370. The van der Waals surface area contributed by atoms with E-state index in [-0.39, 0.29) is 54.3 Å². The summed E-state index contributed by atoms with van der Waals surface area (Å²) in [5.41, 5.74) is 0. The maximum atomic E-state index is 12.5. The zero-order valence-corrected chi connectivity index (χ0v) is 15.6. The predicted molar refractivity (Wildman–Crippen MR) is 91.1 cm³/mol. The van der Waals surface area contributed by atoms with E-state index < -0.39 is 6.04 Å². The van der Waals surface area contributed by atoms with Crippen molar-refractivity contribution in [1.29, 1.82) is 0 Å². The number of nitro groups is 1. The van der Waals surface area contributed by atoms with E-state index >= 15 is 0 Å². The van der Waals surface area contributed by atoms with E-state index in [0.717, 1.165) is 19.3 Å². The lowest BCUT2D eigenvalue weighted by Gasteiger charge is -2.39. The van der Waals surface area contributed by atoms with E-state index in [0.29, 0.717) is 6.42 Å². The second-order valence-corrected chi connectivity index (χ2v) is 7.25. The molecule has 6 atom stereocenters. The van der Waals surface area contributed by atoms with Gasteiger partial charge in [0.25, 0.3) is 0 Å². The number of carbonyl (C=O) groups excluding carboxylic acids is 1. The lowest BCUT2D eigenvalue weighted by Crippen LogP contribution is -2.50. The van der Waals surface area contributed by atoms with Crippen LogP contribution in [0, 0.1) is 16.0 Å². The summed E-state index contributed by atoms with van der Waals surface area (Å²) in [4.78, 5) is 25.4. The summed E-state index contributed by atoms with van der Waals surface area (Å²) < 4.78 is 16.2. The van der Waals surface area contributed by atoms with Gasteiger partial charge in [0.2, 0.25) is 6.04 Å². The maximum Gasteiger partial charge on any atom is 0.410 e. The predicted octanol–water partition coefficient (Wildman–Crippen LogP) is 2.47. The number of hydrogen-bond acceptors (Lipinski definition) is 6. The van der Waals surface area contributed by atoms with Crippen molar-refractivity contribution in [3.05, 3.63) is 10.1 Å². The zero-order chi connectivity index (χ0) is 18.6. The Hall–Kier alpha value is -1.41. The minimum absolute atomic E-state index is 0.0384. The van der Waals surface area contributed by atoms with Gasteiger partial charge in [0.15, 0.2) is 0 Å². The van der Waals surface area contributed by atoms with Gasteiger partial charge < -0.3 is 19.1 Å².